The minimum Gasteiger partial charge on any atom is -0.295 e. The number of carbonyl (C=O) groups excluding carboxylic acids is 1. The second-order valence-electron chi connectivity index (χ2n) is 3.98. The summed E-state index contributed by atoms with van der Waals surface area (Å²) in [4.78, 5) is 11.9. The van der Waals surface area contributed by atoms with Gasteiger partial charge in [0.15, 0.2) is 5.69 Å². The number of amides is 1. The van der Waals surface area contributed by atoms with Crippen LogP contribution in [0.2, 0.25) is 0 Å². The molecule has 0 saturated heterocycles. The molecular weight excluding hydrogens is 276 g/mol. The zero-order valence-corrected chi connectivity index (χ0v) is 11.1. The molecule has 2 heterocycles. The first-order valence-corrected chi connectivity index (χ1v) is 6.71. The summed E-state index contributed by atoms with van der Waals surface area (Å²) in [5.74, 6) is -0.346. The first-order chi connectivity index (χ1) is 9.81. The Bertz CT molecular complexity index is 694. The molecule has 3 aromatic rings. The molecule has 0 unspecified atom stereocenters. The monoisotopic (exact) mass is 286 g/mol. The second kappa shape index (κ2) is 5.57. The maximum atomic E-state index is 11.9. The van der Waals surface area contributed by atoms with Gasteiger partial charge in [0.05, 0.1) is 12.7 Å². The fraction of sp³-hybridized carbons (Fsp3) is 0.0833. The van der Waals surface area contributed by atoms with Gasteiger partial charge in [-0.1, -0.05) is 46.9 Å². The van der Waals surface area contributed by atoms with Crippen LogP contribution in [0, 0.1) is 0 Å². The van der Waals surface area contributed by atoms with E-state index in [9.17, 15) is 4.79 Å². The molecule has 1 amide bonds. The maximum Gasteiger partial charge on any atom is 0.279 e. The zero-order valence-electron chi connectivity index (χ0n) is 10.3. The van der Waals surface area contributed by atoms with Crippen LogP contribution in [-0.4, -0.2) is 31.1 Å². The molecule has 0 saturated carbocycles. The fourth-order valence-corrected chi connectivity index (χ4v) is 2.08. The van der Waals surface area contributed by atoms with Crippen molar-refractivity contribution in [3.63, 3.8) is 0 Å². The number of hydrogen-bond donors (Lipinski definition) is 1. The summed E-state index contributed by atoms with van der Waals surface area (Å²) < 4.78 is 1.62. The van der Waals surface area contributed by atoms with Crippen LogP contribution in [0.25, 0.3) is 0 Å². The van der Waals surface area contributed by atoms with E-state index in [0.717, 1.165) is 5.56 Å². The van der Waals surface area contributed by atoms with Crippen LogP contribution >= 0.6 is 11.3 Å². The highest BCUT2D eigenvalue weighted by Gasteiger charge is 2.12. The highest BCUT2D eigenvalue weighted by atomic mass is 32.1. The van der Waals surface area contributed by atoms with Gasteiger partial charge in [0.25, 0.3) is 5.91 Å². The van der Waals surface area contributed by atoms with Gasteiger partial charge in [-0.15, -0.1) is 15.3 Å². The Morgan fingerprint density at radius 1 is 1.25 bits per heavy atom. The molecule has 2 aromatic heterocycles. The van der Waals surface area contributed by atoms with Gasteiger partial charge in [0.1, 0.15) is 5.51 Å². The molecule has 3 rings (SSSR count). The molecule has 0 spiro atoms. The maximum absolute atomic E-state index is 11.9. The molecule has 1 aromatic carbocycles. The number of hydrogen-bond acceptors (Lipinski definition) is 6. The molecule has 0 aliphatic heterocycles. The Morgan fingerprint density at radius 3 is 2.85 bits per heavy atom. The lowest BCUT2D eigenvalue weighted by Gasteiger charge is -1.99. The molecule has 20 heavy (non-hydrogen) atoms. The Hall–Kier alpha value is -2.61. The lowest BCUT2D eigenvalue weighted by Crippen LogP contribution is -2.12. The van der Waals surface area contributed by atoms with Crippen LogP contribution in [0.4, 0.5) is 5.13 Å². The van der Waals surface area contributed by atoms with Gasteiger partial charge in [-0.05, 0) is 5.56 Å². The van der Waals surface area contributed by atoms with E-state index < -0.39 is 0 Å². The lowest BCUT2D eigenvalue weighted by molar-refractivity contribution is 0.102. The number of rotatable bonds is 4. The van der Waals surface area contributed by atoms with Crippen molar-refractivity contribution in [1.82, 2.24) is 25.2 Å². The van der Waals surface area contributed by atoms with E-state index in [4.69, 9.17) is 0 Å². The molecule has 100 valence electrons. The molecule has 0 aliphatic carbocycles. The van der Waals surface area contributed by atoms with E-state index in [1.807, 2.05) is 30.3 Å². The smallest absolute Gasteiger partial charge is 0.279 e. The number of anilines is 1. The largest absolute Gasteiger partial charge is 0.295 e. The van der Waals surface area contributed by atoms with Crippen molar-refractivity contribution in [3.8, 4) is 0 Å². The second-order valence-corrected chi connectivity index (χ2v) is 4.82. The van der Waals surface area contributed by atoms with Gasteiger partial charge >= 0.3 is 0 Å². The van der Waals surface area contributed by atoms with Gasteiger partial charge in [-0.25, -0.2) is 4.68 Å². The standard InChI is InChI=1S/C12H10N6OS/c19-11(14-12-16-13-8-20-12)10-7-18(17-15-10)6-9-4-2-1-3-5-9/h1-5,7-8H,6H2,(H,14,16,19). The van der Waals surface area contributed by atoms with E-state index in [-0.39, 0.29) is 11.6 Å². The van der Waals surface area contributed by atoms with Crippen LogP contribution in [0.1, 0.15) is 16.1 Å². The number of aromatic nitrogens is 5. The lowest BCUT2D eigenvalue weighted by atomic mass is 10.2. The quantitative estimate of drug-likeness (QED) is 0.784. The summed E-state index contributed by atoms with van der Waals surface area (Å²) in [6.07, 6.45) is 1.60. The van der Waals surface area contributed by atoms with Crippen molar-refractivity contribution in [2.24, 2.45) is 0 Å². The molecule has 0 atom stereocenters. The Balaban J connectivity index is 1.69. The summed E-state index contributed by atoms with van der Waals surface area (Å²) in [5, 5.41) is 18.2. The van der Waals surface area contributed by atoms with Crippen molar-refractivity contribution in [1.29, 1.82) is 0 Å². The third kappa shape index (κ3) is 2.86. The summed E-state index contributed by atoms with van der Waals surface area (Å²) in [6, 6.07) is 9.84. The number of nitrogens with zero attached hydrogens (tertiary/aromatic N) is 5. The van der Waals surface area contributed by atoms with Crippen LogP contribution in [0.15, 0.2) is 42.0 Å². The molecule has 0 aliphatic rings. The first kappa shape index (κ1) is 12.4. The third-order valence-electron chi connectivity index (χ3n) is 2.54. The van der Waals surface area contributed by atoms with E-state index in [0.29, 0.717) is 11.7 Å². The summed E-state index contributed by atoms with van der Waals surface area (Å²) in [6.45, 7) is 0.569. The molecule has 0 bridgehead atoms. The third-order valence-corrected chi connectivity index (χ3v) is 3.15. The van der Waals surface area contributed by atoms with Crippen LogP contribution in [0.3, 0.4) is 0 Å². The SMILES string of the molecule is O=C(Nc1nncs1)c1cn(Cc2ccccc2)nn1. The molecular formula is C12H10N6OS. The molecule has 0 fully saturated rings. The van der Waals surface area contributed by atoms with Crippen molar-refractivity contribution < 1.29 is 4.79 Å². The van der Waals surface area contributed by atoms with Crippen molar-refractivity contribution >= 4 is 22.4 Å². The summed E-state index contributed by atoms with van der Waals surface area (Å²) in [5.41, 5.74) is 2.88. The average Bonchev–Trinajstić information content (AvgIpc) is 3.11. The molecule has 1 N–H and O–H groups in total. The van der Waals surface area contributed by atoms with Crippen molar-refractivity contribution in [2.45, 2.75) is 6.54 Å². The highest BCUT2D eigenvalue weighted by molar-refractivity contribution is 7.13. The predicted octanol–water partition coefficient (Wildman–Crippen LogP) is 1.43. The molecule has 7 nitrogen and oxygen atoms in total. The van der Waals surface area contributed by atoms with Gasteiger partial charge < -0.3 is 0 Å². The summed E-state index contributed by atoms with van der Waals surface area (Å²) >= 11 is 1.25. The van der Waals surface area contributed by atoms with Gasteiger partial charge in [-0.2, -0.15) is 0 Å². The topological polar surface area (TPSA) is 85.6 Å². The Morgan fingerprint density at radius 2 is 2.10 bits per heavy atom. The Kier molecular flexibility index (Phi) is 3.46. The van der Waals surface area contributed by atoms with E-state index >= 15 is 0 Å². The normalized spacial score (nSPS) is 10.4. The number of carbonyl (C=O) groups is 1. The van der Waals surface area contributed by atoms with E-state index in [1.54, 1.807) is 16.4 Å². The minimum absolute atomic E-state index is 0.246. The van der Waals surface area contributed by atoms with Crippen molar-refractivity contribution in [3.05, 3.63) is 53.3 Å². The zero-order chi connectivity index (χ0) is 13.8. The number of benzene rings is 1. The Labute approximate surface area is 118 Å². The van der Waals surface area contributed by atoms with Crippen LogP contribution in [-0.2, 0) is 6.54 Å². The first-order valence-electron chi connectivity index (χ1n) is 5.83. The predicted molar refractivity (Wildman–Crippen MR) is 73.4 cm³/mol. The fourth-order valence-electron chi connectivity index (χ4n) is 1.64. The molecule has 0 radical (unpaired) electrons. The van der Waals surface area contributed by atoms with Gasteiger partial charge in [0.2, 0.25) is 5.13 Å². The van der Waals surface area contributed by atoms with Crippen LogP contribution in [0.5, 0.6) is 0 Å². The minimum atomic E-state index is -0.346. The average molecular weight is 286 g/mol. The van der Waals surface area contributed by atoms with Gasteiger partial charge in [0, 0.05) is 0 Å². The van der Waals surface area contributed by atoms with Crippen molar-refractivity contribution in [2.75, 3.05) is 5.32 Å². The summed E-state index contributed by atoms with van der Waals surface area (Å²) in [7, 11) is 0. The van der Waals surface area contributed by atoms with Gasteiger partial charge in [-0.3, -0.25) is 10.1 Å². The highest BCUT2D eigenvalue weighted by Crippen LogP contribution is 2.09. The number of nitrogens with one attached hydrogen (secondary N) is 1. The molecule has 8 heteroatoms. The van der Waals surface area contributed by atoms with Crippen LogP contribution < -0.4 is 5.32 Å². The van der Waals surface area contributed by atoms with E-state index in [1.165, 1.54) is 11.3 Å². The van der Waals surface area contributed by atoms with E-state index in [2.05, 4.69) is 25.8 Å².